The Hall–Kier alpha value is -1.06. The van der Waals surface area contributed by atoms with Gasteiger partial charge in [-0.3, -0.25) is 9.59 Å². The summed E-state index contributed by atoms with van der Waals surface area (Å²) in [5.74, 6) is 4.64. The highest BCUT2D eigenvalue weighted by molar-refractivity contribution is 5.67. The summed E-state index contributed by atoms with van der Waals surface area (Å²) in [5.41, 5.74) is 0.661. The van der Waals surface area contributed by atoms with Gasteiger partial charge in [-0.25, -0.2) is 0 Å². The van der Waals surface area contributed by atoms with Crippen LogP contribution in [0.1, 0.15) is 119 Å². The minimum absolute atomic E-state index is 0.169. The van der Waals surface area contributed by atoms with Crippen molar-refractivity contribution < 1.29 is 19.1 Å². The molecule has 0 aliphatic heterocycles. The van der Waals surface area contributed by atoms with E-state index in [1.165, 1.54) is 65.2 Å². The Kier molecular flexibility index (Phi) is 7.99. The quantitative estimate of drug-likeness (QED) is 0.347. The molecule has 4 rings (SSSR count). The summed E-state index contributed by atoms with van der Waals surface area (Å²) in [7, 11) is 0. The molecule has 0 amide bonds. The topological polar surface area (TPSA) is 52.6 Å². The van der Waals surface area contributed by atoms with Crippen molar-refractivity contribution in [1.29, 1.82) is 0 Å². The molecular formula is C31H52O4. The molecule has 10 atom stereocenters. The monoisotopic (exact) mass is 488 g/mol. The normalized spacial score (nSPS) is 43.6. The van der Waals surface area contributed by atoms with E-state index in [9.17, 15) is 9.59 Å². The molecule has 0 aromatic carbocycles. The lowest BCUT2D eigenvalue weighted by Gasteiger charge is -2.62. The summed E-state index contributed by atoms with van der Waals surface area (Å²) < 4.78 is 11.6. The Morgan fingerprint density at radius 3 is 2.06 bits per heavy atom. The summed E-state index contributed by atoms with van der Waals surface area (Å²) in [4.78, 5) is 23.8. The molecule has 4 heteroatoms. The van der Waals surface area contributed by atoms with Gasteiger partial charge in [-0.2, -0.15) is 0 Å². The zero-order chi connectivity index (χ0) is 25.5. The van der Waals surface area contributed by atoms with Crippen molar-refractivity contribution >= 4 is 11.9 Å². The molecule has 0 aromatic heterocycles. The Balaban J connectivity index is 1.50. The van der Waals surface area contributed by atoms with Gasteiger partial charge in [0.2, 0.25) is 0 Å². The smallest absolute Gasteiger partial charge is 0.303 e. The van der Waals surface area contributed by atoms with E-state index in [-0.39, 0.29) is 29.6 Å². The first-order valence-corrected chi connectivity index (χ1v) is 14.8. The van der Waals surface area contributed by atoms with E-state index in [4.69, 9.17) is 9.47 Å². The first-order chi connectivity index (χ1) is 16.5. The number of esters is 2. The van der Waals surface area contributed by atoms with Crippen LogP contribution in [0.5, 0.6) is 0 Å². The molecule has 200 valence electrons. The van der Waals surface area contributed by atoms with Gasteiger partial charge in [0.25, 0.3) is 0 Å². The van der Waals surface area contributed by atoms with E-state index >= 15 is 0 Å². The zero-order valence-electron chi connectivity index (χ0n) is 23.6. The predicted molar refractivity (Wildman–Crippen MR) is 140 cm³/mol. The molecule has 4 aliphatic carbocycles. The molecule has 4 saturated carbocycles. The van der Waals surface area contributed by atoms with Crippen molar-refractivity contribution in [3.05, 3.63) is 0 Å². The second-order valence-corrected chi connectivity index (χ2v) is 13.9. The van der Waals surface area contributed by atoms with Crippen molar-refractivity contribution in [3.8, 4) is 0 Å². The van der Waals surface area contributed by atoms with Crippen LogP contribution in [0.15, 0.2) is 0 Å². The second-order valence-electron chi connectivity index (χ2n) is 13.9. The minimum Gasteiger partial charge on any atom is -0.459 e. The summed E-state index contributed by atoms with van der Waals surface area (Å²) in [5, 5.41) is 0. The highest BCUT2D eigenvalue weighted by Gasteiger charge is 2.63. The molecule has 0 aromatic rings. The number of fused-ring (bicyclic) bond motifs is 5. The molecule has 4 nitrogen and oxygen atoms in total. The van der Waals surface area contributed by atoms with Crippen LogP contribution in [-0.2, 0) is 19.1 Å². The van der Waals surface area contributed by atoms with Gasteiger partial charge in [-0.1, -0.05) is 53.9 Å². The van der Waals surface area contributed by atoms with Crippen LogP contribution in [0.2, 0.25) is 0 Å². The fourth-order valence-corrected chi connectivity index (χ4v) is 9.99. The van der Waals surface area contributed by atoms with Gasteiger partial charge in [-0.15, -0.1) is 0 Å². The predicted octanol–water partition coefficient (Wildman–Crippen LogP) is 7.58. The molecule has 7 unspecified atom stereocenters. The molecule has 0 spiro atoms. The van der Waals surface area contributed by atoms with Crippen LogP contribution in [0.3, 0.4) is 0 Å². The third-order valence-electron chi connectivity index (χ3n) is 11.5. The first kappa shape index (κ1) is 27.0. The van der Waals surface area contributed by atoms with Crippen LogP contribution < -0.4 is 0 Å². The van der Waals surface area contributed by atoms with E-state index in [2.05, 4.69) is 34.6 Å². The van der Waals surface area contributed by atoms with E-state index in [1.807, 2.05) is 0 Å². The molecule has 0 radical (unpaired) electrons. The number of carbonyl (C=O) groups is 2. The maximum atomic E-state index is 12.0. The van der Waals surface area contributed by atoms with E-state index in [0.29, 0.717) is 17.3 Å². The maximum Gasteiger partial charge on any atom is 0.303 e. The Labute approximate surface area is 214 Å². The van der Waals surface area contributed by atoms with Gasteiger partial charge in [0.05, 0.1) is 0 Å². The Morgan fingerprint density at radius 2 is 1.40 bits per heavy atom. The average Bonchev–Trinajstić information content (AvgIpc) is 3.12. The molecule has 0 bridgehead atoms. The largest absolute Gasteiger partial charge is 0.459 e. The van der Waals surface area contributed by atoms with Crippen molar-refractivity contribution in [1.82, 2.24) is 0 Å². The first-order valence-electron chi connectivity index (χ1n) is 14.8. The molecule has 4 fully saturated rings. The Morgan fingerprint density at radius 1 is 0.771 bits per heavy atom. The SMILES string of the molecule is CC(=O)OC1[C@H](OC(C)=O)CCC2(C)C3CCC4(C)C(CCC4[C@H](C)CCCC(C)C)C3CC[C@@H]12. The number of hydrogen-bond acceptors (Lipinski definition) is 4. The van der Waals surface area contributed by atoms with Crippen molar-refractivity contribution in [3.63, 3.8) is 0 Å². The standard InChI is InChI=1S/C31H52O4/c1-19(2)9-8-10-20(3)24-13-14-25-23-11-12-27-29(35-22(5)33)28(34-21(4)32)16-18-31(27,7)26(23)15-17-30(24,25)6/h19-20,23-29H,8-18H2,1-7H3/t20-,23?,24?,25?,26?,27+,28-,29?,30?,31?/m1/s1. The van der Waals surface area contributed by atoms with Crippen molar-refractivity contribution in [2.24, 2.45) is 52.3 Å². The van der Waals surface area contributed by atoms with Crippen LogP contribution in [0, 0.1) is 52.3 Å². The fourth-order valence-electron chi connectivity index (χ4n) is 9.99. The van der Waals surface area contributed by atoms with Crippen LogP contribution in [0.25, 0.3) is 0 Å². The number of ether oxygens (including phenoxy) is 2. The van der Waals surface area contributed by atoms with Gasteiger partial charge in [0, 0.05) is 19.8 Å². The summed E-state index contributed by atoms with van der Waals surface area (Å²) in [6.45, 7) is 15.3. The van der Waals surface area contributed by atoms with Gasteiger partial charge >= 0.3 is 11.9 Å². The maximum absolute atomic E-state index is 12.0. The van der Waals surface area contributed by atoms with E-state index in [1.54, 1.807) is 0 Å². The van der Waals surface area contributed by atoms with Crippen LogP contribution >= 0.6 is 0 Å². The van der Waals surface area contributed by atoms with Crippen LogP contribution in [0.4, 0.5) is 0 Å². The lowest BCUT2D eigenvalue weighted by Crippen LogP contribution is -2.59. The van der Waals surface area contributed by atoms with Gasteiger partial charge < -0.3 is 9.47 Å². The average molecular weight is 489 g/mol. The summed E-state index contributed by atoms with van der Waals surface area (Å²) in [6.07, 6.45) is 13.2. The highest BCUT2D eigenvalue weighted by atomic mass is 16.6. The lowest BCUT2D eigenvalue weighted by atomic mass is 9.44. The molecule has 0 heterocycles. The number of carbonyl (C=O) groups excluding carboxylic acids is 2. The van der Waals surface area contributed by atoms with E-state index < -0.39 is 0 Å². The van der Waals surface area contributed by atoms with Gasteiger partial charge in [0.15, 0.2) is 0 Å². The zero-order valence-corrected chi connectivity index (χ0v) is 23.6. The van der Waals surface area contributed by atoms with Gasteiger partial charge in [0.1, 0.15) is 12.2 Å². The molecule has 0 N–H and O–H groups in total. The van der Waals surface area contributed by atoms with Crippen molar-refractivity contribution in [2.75, 3.05) is 0 Å². The van der Waals surface area contributed by atoms with E-state index in [0.717, 1.165) is 48.9 Å². The number of rotatable bonds is 7. The summed E-state index contributed by atoms with van der Waals surface area (Å²) >= 11 is 0. The fraction of sp³-hybridized carbons (Fsp3) is 0.935. The lowest BCUT2D eigenvalue weighted by molar-refractivity contribution is -0.205. The van der Waals surface area contributed by atoms with Crippen LogP contribution in [-0.4, -0.2) is 24.1 Å². The summed E-state index contributed by atoms with van der Waals surface area (Å²) in [6, 6.07) is 0. The second kappa shape index (κ2) is 10.4. The molecule has 0 saturated heterocycles. The number of hydrogen-bond donors (Lipinski definition) is 0. The third-order valence-corrected chi connectivity index (χ3v) is 11.5. The minimum atomic E-state index is -0.290. The molecule has 4 aliphatic rings. The molecule has 35 heavy (non-hydrogen) atoms. The van der Waals surface area contributed by atoms with Crippen molar-refractivity contribution in [2.45, 2.75) is 131 Å². The van der Waals surface area contributed by atoms with Gasteiger partial charge in [-0.05, 0) is 97.7 Å². The highest BCUT2D eigenvalue weighted by Crippen LogP contribution is 2.68. The Bertz CT molecular complexity index is 776. The molecular weight excluding hydrogens is 436 g/mol. The third kappa shape index (κ3) is 5.06.